The maximum atomic E-state index is 3.17. The van der Waals surface area contributed by atoms with E-state index in [4.69, 9.17) is 0 Å². The van der Waals surface area contributed by atoms with Gasteiger partial charge in [-0.1, -0.05) is 18.2 Å². The van der Waals surface area contributed by atoms with Gasteiger partial charge < -0.3 is 10.2 Å². The number of hydrogen-bond acceptors (Lipinski definition) is 2. The zero-order valence-corrected chi connectivity index (χ0v) is 7.96. The Hall–Kier alpha value is -1.02. The van der Waals surface area contributed by atoms with Gasteiger partial charge in [-0.3, -0.25) is 0 Å². The van der Waals surface area contributed by atoms with Crippen molar-refractivity contribution in [3.05, 3.63) is 29.8 Å². The fourth-order valence-corrected chi connectivity index (χ4v) is 1.24. The zero-order valence-electron chi connectivity index (χ0n) is 7.96. The van der Waals surface area contributed by atoms with E-state index in [-0.39, 0.29) is 0 Å². The predicted octanol–water partition coefficient (Wildman–Crippen LogP) is 1.79. The van der Waals surface area contributed by atoms with Gasteiger partial charge >= 0.3 is 0 Å². The molecular formula is C10H16N2. The molecular weight excluding hydrogens is 148 g/mol. The summed E-state index contributed by atoms with van der Waals surface area (Å²) in [6, 6.07) is 8.36. The molecule has 1 N–H and O–H groups in total. The van der Waals surface area contributed by atoms with Gasteiger partial charge in [0.2, 0.25) is 0 Å². The normalized spacial score (nSPS) is 10.3. The van der Waals surface area contributed by atoms with Crippen LogP contribution in [0.15, 0.2) is 24.3 Å². The first-order valence-electron chi connectivity index (χ1n) is 4.14. The fraction of sp³-hybridized carbons (Fsp3) is 0.400. The quantitative estimate of drug-likeness (QED) is 0.732. The molecule has 2 heteroatoms. The molecule has 0 saturated heterocycles. The molecule has 0 aliphatic heterocycles. The van der Waals surface area contributed by atoms with Crippen molar-refractivity contribution in [1.29, 1.82) is 0 Å². The average molecular weight is 164 g/mol. The van der Waals surface area contributed by atoms with E-state index in [2.05, 4.69) is 42.5 Å². The number of rotatable bonds is 3. The zero-order chi connectivity index (χ0) is 8.97. The van der Waals surface area contributed by atoms with Gasteiger partial charge in [0.25, 0.3) is 0 Å². The lowest BCUT2D eigenvalue weighted by molar-refractivity contribution is 0.403. The minimum Gasteiger partial charge on any atom is -0.388 e. The summed E-state index contributed by atoms with van der Waals surface area (Å²) in [5.41, 5.74) is 2.55. The molecule has 0 aliphatic carbocycles. The molecule has 0 unspecified atom stereocenters. The number of nitrogens with zero attached hydrogens (tertiary/aromatic N) is 1. The third-order valence-electron chi connectivity index (χ3n) is 1.77. The summed E-state index contributed by atoms with van der Waals surface area (Å²) in [7, 11) is 6.10. The van der Waals surface area contributed by atoms with Crippen LogP contribution in [0.4, 0.5) is 5.69 Å². The van der Waals surface area contributed by atoms with Crippen LogP contribution in [-0.4, -0.2) is 26.0 Å². The van der Waals surface area contributed by atoms with Crippen LogP contribution in [0, 0.1) is 0 Å². The van der Waals surface area contributed by atoms with Gasteiger partial charge in [-0.25, -0.2) is 0 Å². The van der Waals surface area contributed by atoms with Gasteiger partial charge in [0.1, 0.15) is 0 Å². The maximum Gasteiger partial charge on any atom is 0.0383 e. The fourth-order valence-electron chi connectivity index (χ4n) is 1.24. The van der Waals surface area contributed by atoms with E-state index in [9.17, 15) is 0 Å². The van der Waals surface area contributed by atoms with Crippen molar-refractivity contribution in [2.75, 3.05) is 26.5 Å². The Labute approximate surface area is 74.2 Å². The molecule has 0 amide bonds. The molecule has 1 aromatic rings. The van der Waals surface area contributed by atoms with Crippen LogP contribution in [0.3, 0.4) is 0 Å². The highest BCUT2D eigenvalue weighted by molar-refractivity contribution is 5.50. The third kappa shape index (κ3) is 2.24. The largest absolute Gasteiger partial charge is 0.388 e. The number of benzene rings is 1. The summed E-state index contributed by atoms with van der Waals surface area (Å²) in [5, 5.41) is 3.17. The van der Waals surface area contributed by atoms with E-state index in [1.165, 1.54) is 11.3 Å². The van der Waals surface area contributed by atoms with Crippen molar-refractivity contribution in [2.45, 2.75) is 6.54 Å². The minimum atomic E-state index is 0.983. The molecule has 0 saturated carbocycles. The smallest absolute Gasteiger partial charge is 0.0383 e. The number of hydrogen-bond donors (Lipinski definition) is 1. The highest BCUT2D eigenvalue weighted by Gasteiger charge is 1.99. The Bertz CT molecular complexity index is 243. The first-order chi connectivity index (χ1) is 5.74. The maximum absolute atomic E-state index is 3.17. The summed E-state index contributed by atoms with van der Waals surface area (Å²) in [4.78, 5) is 2.16. The average Bonchev–Trinajstić information content (AvgIpc) is 2.04. The molecule has 0 bridgehead atoms. The molecule has 12 heavy (non-hydrogen) atoms. The molecule has 66 valence electrons. The standard InChI is InChI=1S/C10H16N2/c1-11-10-7-5-4-6-9(10)8-12(2)3/h4-7,11H,8H2,1-3H3. The number of nitrogens with one attached hydrogen (secondary N) is 1. The molecule has 2 nitrogen and oxygen atoms in total. The topological polar surface area (TPSA) is 15.3 Å². The summed E-state index contributed by atoms with van der Waals surface area (Å²) in [5.74, 6) is 0. The highest BCUT2D eigenvalue weighted by atomic mass is 15.1. The SMILES string of the molecule is CNc1ccccc1CN(C)C. The van der Waals surface area contributed by atoms with E-state index in [1.54, 1.807) is 0 Å². The van der Waals surface area contributed by atoms with Crippen LogP contribution in [0.2, 0.25) is 0 Å². The second-order valence-corrected chi connectivity index (χ2v) is 3.14. The summed E-state index contributed by atoms with van der Waals surface area (Å²) in [6.07, 6.45) is 0. The Morgan fingerprint density at radius 1 is 1.25 bits per heavy atom. The third-order valence-corrected chi connectivity index (χ3v) is 1.77. The van der Waals surface area contributed by atoms with E-state index in [1.807, 2.05) is 13.1 Å². The molecule has 0 atom stereocenters. The number of para-hydroxylation sites is 1. The molecule has 1 aromatic carbocycles. The Morgan fingerprint density at radius 3 is 2.50 bits per heavy atom. The molecule has 0 aliphatic rings. The first kappa shape index (κ1) is 9.07. The van der Waals surface area contributed by atoms with Crippen molar-refractivity contribution >= 4 is 5.69 Å². The van der Waals surface area contributed by atoms with Gasteiger partial charge in [0.05, 0.1) is 0 Å². The van der Waals surface area contributed by atoms with Crippen LogP contribution in [0.25, 0.3) is 0 Å². The molecule has 1 rings (SSSR count). The van der Waals surface area contributed by atoms with Crippen molar-refractivity contribution in [1.82, 2.24) is 4.90 Å². The summed E-state index contributed by atoms with van der Waals surface area (Å²) >= 11 is 0. The van der Waals surface area contributed by atoms with E-state index >= 15 is 0 Å². The summed E-state index contributed by atoms with van der Waals surface area (Å²) in [6.45, 7) is 0.983. The van der Waals surface area contributed by atoms with Crippen LogP contribution in [0.5, 0.6) is 0 Å². The van der Waals surface area contributed by atoms with Crippen molar-refractivity contribution in [3.63, 3.8) is 0 Å². The second-order valence-electron chi connectivity index (χ2n) is 3.14. The van der Waals surface area contributed by atoms with Crippen LogP contribution in [0.1, 0.15) is 5.56 Å². The monoisotopic (exact) mass is 164 g/mol. The van der Waals surface area contributed by atoms with Gasteiger partial charge in [-0.2, -0.15) is 0 Å². The Balaban J connectivity index is 2.82. The van der Waals surface area contributed by atoms with Crippen molar-refractivity contribution in [2.24, 2.45) is 0 Å². The van der Waals surface area contributed by atoms with Crippen LogP contribution < -0.4 is 5.32 Å². The molecule has 0 aromatic heterocycles. The van der Waals surface area contributed by atoms with Gasteiger partial charge in [-0.15, -0.1) is 0 Å². The first-order valence-corrected chi connectivity index (χ1v) is 4.14. The van der Waals surface area contributed by atoms with Crippen LogP contribution >= 0.6 is 0 Å². The Morgan fingerprint density at radius 2 is 1.92 bits per heavy atom. The van der Waals surface area contributed by atoms with Gasteiger partial charge in [-0.05, 0) is 25.7 Å². The molecule has 0 radical (unpaired) electrons. The second kappa shape index (κ2) is 4.12. The Kier molecular flexibility index (Phi) is 3.11. The van der Waals surface area contributed by atoms with E-state index < -0.39 is 0 Å². The lowest BCUT2D eigenvalue weighted by atomic mass is 10.1. The highest BCUT2D eigenvalue weighted by Crippen LogP contribution is 2.14. The van der Waals surface area contributed by atoms with Crippen molar-refractivity contribution in [3.8, 4) is 0 Å². The lowest BCUT2D eigenvalue weighted by Crippen LogP contribution is -2.11. The van der Waals surface area contributed by atoms with E-state index in [0.717, 1.165) is 6.54 Å². The van der Waals surface area contributed by atoms with Gasteiger partial charge in [0.15, 0.2) is 0 Å². The molecule has 0 heterocycles. The minimum absolute atomic E-state index is 0.983. The lowest BCUT2D eigenvalue weighted by Gasteiger charge is -2.13. The van der Waals surface area contributed by atoms with Crippen molar-refractivity contribution < 1.29 is 0 Å². The molecule has 0 spiro atoms. The van der Waals surface area contributed by atoms with E-state index in [0.29, 0.717) is 0 Å². The number of anilines is 1. The van der Waals surface area contributed by atoms with Crippen LogP contribution in [-0.2, 0) is 6.54 Å². The predicted molar refractivity (Wildman–Crippen MR) is 53.4 cm³/mol. The van der Waals surface area contributed by atoms with Gasteiger partial charge in [0, 0.05) is 19.3 Å². The molecule has 0 fully saturated rings. The summed E-state index contributed by atoms with van der Waals surface area (Å²) < 4.78 is 0.